The largest absolute Gasteiger partial charge is 0.481 e. The molecule has 0 aromatic carbocycles. The Morgan fingerprint density at radius 3 is 2.28 bits per heavy atom. The molecule has 1 aliphatic heterocycles. The van der Waals surface area contributed by atoms with Gasteiger partial charge in [-0.15, -0.1) is 0 Å². The molecule has 1 fully saturated rings. The molecule has 1 atom stereocenters. The zero-order chi connectivity index (χ0) is 33.1. The van der Waals surface area contributed by atoms with Crippen molar-refractivity contribution in [3.8, 4) is 17.1 Å². The fourth-order valence-electron chi connectivity index (χ4n) is 6.43. The van der Waals surface area contributed by atoms with Crippen molar-refractivity contribution in [1.29, 1.82) is 0 Å². The van der Waals surface area contributed by atoms with Crippen LogP contribution in [0.3, 0.4) is 0 Å². The molecule has 3 aromatic heterocycles. The lowest BCUT2D eigenvalue weighted by Gasteiger charge is -2.33. The first-order valence-electron chi connectivity index (χ1n) is 16.4. The van der Waals surface area contributed by atoms with Crippen molar-refractivity contribution >= 4 is 23.1 Å². The van der Waals surface area contributed by atoms with Crippen LogP contribution in [-0.2, 0) is 16.6 Å². The Morgan fingerprint density at radius 2 is 1.72 bits per heavy atom. The van der Waals surface area contributed by atoms with Gasteiger partial charge < -0.3 is 4.74 Å². The molecule has 0 radical (unpaired) electrons. The van der Waals surface area contributed by atoms with Crippen LogP contribution in [-0.4, -0.2) is 50.1 Å². The Balaban J connectivity index is 1.31. The number of carbonyl (C=O) groups is 1. The van der Waals surface area contributed by atoms with Gasteiger partial charge in [0.15, 0.2) is 0 Å². The number of Topliss-reactive ketones (excluding diaryl/α,β-unsaturated/α-hetero) is 1. The van der Waals surface area contributed by atoms with E-state index in [0.717, 1.165) is 78.3 Å². The number of carbonyl (C=O) groups excluding carboxylic acids is 1. The van der Waals surface area contributed by atoms with Crippen LogP contribution in [0.1, 0.15) is 109 Å². The molecule has 5 rings (SSSR count). The molecule has 2 aliphatic rings. The van der Waals surface area contributed by atoms with Crippen molar-refractivity contribution in [2.45, 2.75) is 97.8 Å². The first-order valence-corrected chi connectivity index (χ1v) is 16.8. The second-order valence-electron chi connectivity index (χ2n) is 14.9. The number of halogens is 1. The van der Waals surface area contributed by atoms with Gasteiger partial charge in [0.05, 0.1) is 47.9 Å². The second-order valence-corrected chi connectivity index (χ2v) is 15.4. The van der Waals surface area contributed by atoms with Crippen molar-refractivity contribution in [2.24, 2.45) is 22.2 Å². The number of nitrogens with zero attached hydrogens (tertiary/aromatic N) is 6. The Bertz CT molecular complexity index is 1580. The number of aromatic nitrogens is 5. The van der Waals surface area contributed by atoms with Crippen LogP contribution >= 0.6 is 11.6 Å². The van der Waals surface area contributed by atoms with Gasteiger partial charge in [0.1, 0.15) is 17.3 Å². The quantitative estimate of drug-likeness (QED) is 0.220. The van der Waals surface area contributed by atoms with Gasteiger partial charge in [0, 0.05) is 48.6 Å². The Hall–Kier alpha value is -3.52. The molecule has 0 amide bonds. The van der Waals surface area contributed by atoms with Crippen LogP contribution < -0.4 is 4.74 Å². The summed E-state index contributed by atoms with van der Waals surface area (Å²) in [6.45, 7) is 13.6. The zero-order valence-corrected chi connectivity index (χ0v) is 29.1. The summed E-state index contributed by atoms with van der Waals surface area (Å²) in [5.41, 5.74) is 4.97. The van der Waals surface area contributed by atoms with Crippen molar-refractivity contribution < 1.29 is 9.53 Å². The lowest BCUT2D eigenvalue weighted by Crippen LogP contribution is -2.28. The van der Waals surface area contributed by atoms with Crippen LogP contribution in [0, 0.1) is 17.3 Å². The topological polar surface area (TPSA) is 103 Å². The molecular formula is C37H47ClN6O2. The number of methoxy groups -OCH3 is 1. The maximum absolute atomic E-state index is 13.9. The van der Waals surface area contributed by atoms with Crippen LogP contribution in [0.15, 0.2) is 53.0 Å². The van der Waals surface area contributed by atoms with E-state index >= 15 is 0 Å². The molecule has 9 heteroatoms. The van der Waals surface area contributed by atoms with Gasteiger partial charge in [-0.2, -0.15) is 0 Å². The summed E-state index contributed by atoms with van der Waals surface area (Å²) in [7, 11) is 1.59. The van der Waals surface area contributed by atoms with Gasteiger partial charge in [0.2, 0.25) is 5.88 Å². The monoisotopic (exact) mass is 642 g/mol. The molecule has 0 spiro atoms. The highest BCUT2D eigenvalue weighted by Gasteiger charge is 2.35. The van der Waals surface area contributed by atoms with Crippen molar-refractivity contribution in [3.63, 3.8) is 0 Å². The van der Waals surface area contributed by atoms with Gasteiger partial charge >= 0.3 is 0 Å². The predicted molar refractivity (Wildman–Crippen MR) is 183 cm³/mol. The van der Waals surface area contributed by atoms with Gasteiger partial charge in [-0.05, 0) is 66.9 Å². The Morgan fingerprint density at radius 1 is 0.957 bits per heavy atom. The summed E-state index contributed by atoms with van der Waals surface area (Å²) >= 11 is 6.52. The van der Waals surface area contributed by atoms with E-state index in [2.05, 4.69) is 51.5 Å². The molecule has 1 unspecified atom stereocenters. The number of aliphatic imine (C=N–C) groups is 1. The number of ketones is 1. The SMILES string of the molecule is COc1ccc(-c2cnc(C(C(=O)CCC(C)(C)C)C3CCC(Cc4ncc(C(C)(C)C)c(C5=NCC=C5Cl)n4)CC3)cn2)cn1. The summed E-state index contributed by atoms with van der Waals surface area (Å²) in [5, 5.41) is 0.662. The van der Waals surface area contributed by atoms with Crippen molar-refractivity contribution in [1.82, 2.24) is 24.9 Å². The number of pyridine rings is 1. The molecule has 8 nitrogen and oxygen atoms in total. The second kappa shape index (κ2) is 14.1. The maximum Gasteiger partial charge on any atom is 0.212 e. The predicted octanol–water partition coefficient (Wildman–Crippen LogP) is 8.09. The minimum Gasteiger partial charge on any atom is -0.481 e. The molecule has 4 heterocycles. The first kappa shape index (κ1) is 33.8. The molecule has 0 bridgehead atoms. The molecule has 46 heavy (non-hydrogen) atoms. The van der Waals surface area contributed by atoms with E-state index in [1.807, 2.05) is 24.4 Å². The summed E-state index contributed by atoms with van der Waals surface area (Å²) < 4.78 is 5.18. The van der Waals surface area contributed by atoms with Gasteiger partial charge in [-0.25, -0.2) is 15.0 Å². The number of rotatable bonds is 10. The lowest BCUT2D eigenvalue weighted by atomic mass is 9.71. The average Bonchev–Trinajstić information content (AvgIpc) is 3.46. The number of hydrogen-bond acceptors (Lipinski definition) is 8. The fraction of sp³-hybridized carbons (Fsp3) is 0.541. The van der Waals surface area contributed by atoms with E-state index in [1.54, 1.807) is 25.7 Å². The van der Waals surface area contributed by atoms with Crippen LogP contribution in [0.2, 0.25) is 0 Å². The van der Waals surface area contributed by atoms with Crippen LogP contribution in [0.25, 0.3) is 11.3 Å². The summed E-state index contributed by atoms with van der Waals surface area (Å²) in [6.07, 6.45) is 15.3. The molecule has 1 saturated carbocycles. The summed E-state index contributed by atoms with van der Waals surface area (Å²) in [5.74, 6) is 2.05. The molecule has 3 aromatic rings. The highest BCUT2D eigenvalue weighted by atomic mass is 35.5. The number of allylic oxidation sites excluding steroid dienone is 1. The average molecular weight is 643 g/mol. The number of hydrogen-bond donors (Lipinski definition) is 0. The Labute approximate surface area is 278 Å². The molecule has 0 N–H and O–H groups in total. The van der Waals surface area contributed by atoms with Crippen molar-refractivity contribution in [3.05, 3.63) is 70.8 Å². The first-order chi connectivity index (χ1) is 21.8. The molecule has 244 valence electrons. The molecular weight excluding hydrogens is 596 g/mol. The molecule has 0 saturated heterocycles. The van der Waals surface area contributed by atoms with E-state index in [0.29, 0.717) is 29.8 Å². The maximum atomic E-state index is 13.9. The van der Waals surface area contributed by atoms with E-state index in [9.17, 15) is 4.79 Å². The van der Waals surface area contributed by atoms with Gasteiger partial charge in [-0.3, -0.25) is 19.8 Å². The minimum absolute atomic E-state index is 0.0836. The van der Waals surface area contributed by atoms with Gasteiger partial charge in [0.25, 0.3) is 0 Å². The van der Waals surface area contributed by atoms with E-state index in [1.165, 1.54) is 0 Å². The van der Waals surface area contributed by atoms with E-state index in [4.69, 9.17) is 36.3 Å². The fourth-order valence-corrected chi connectivity index (χ4v) is 6.65. The smallest absolute Gasteiger partial charge is 0.212 e. The lowest BCUT2D eigenvalue weighted by molar-refractivity contribution is -0.122. The third-order valence-corrected chi connectivity index (χ3v) is 9.48. The van der Waals surface area contributed by atoms with Crippen LogP contribution in [0.5, 0.6) is 5.88 Å². The Kier molecular flexibility index (Phi) is 10.4. The summed E-state index contributed by atoms with van der Waals surface area (Å²) in [6, 6.07) is 3.72. The highest BCUT2D eigenvalue weighted by molar-refractivity contribution is 6.46. The standard InChI is InChI=1S/C37H47ClN6O2/c1-36(2,3)16-14-30(45)33(29-22-40-28(21-41-29)25-12-13-32(46-7)43-19-25)24-10-8-23(9-11-24)18-31-42-20-26(37(4,5)6)34(44-31)35-27(38)15-17-39-35/h12-13,15,19-24,33H,8-11,14,16-18H2,1-7H3. The normalized spacial score (nSPS) is 19.4. The van der Waals surface area contributed by atoms with E-state index in [-0.39, 0.29) is 28.4 Å². The zero-order valence-electron chi connectivity index (χ0n) is 28.3. The minimum atomic E-state index is -0.262. The third kappa shape index (κ3) is 8.24. The van der Waals surface area contributed by atoms with Gasteiger partial charge in [-0.1, -0.05) is 53.1 Å². The van der Waals surface area contributed by atoms with Crippen molar-refractivity contribution in [2.75, 3.05) is 13.7 Å². The number of ether oxygens (including phenoxy) is 1. The highest BCUT2D eigenvalue weighted by Crippen LogP contribution is 2.41. The van der Waals surface area contributed by atoms with E-state index < -0.39 is 0 Å². The van der Waals surface area contributed by atoms with Crippen LogP contribution in [0.4, 0.5) is 0 Å². The summed E-state index contributed by atoms with van der Waals surface area (Å²) in [4.78, 5) is 42.2. The molecule has 1 aliphatic carbocycles. The third-order valence-electron chi connectivity index (χ3n) is 9.15.